The minimum atomic E-state index is -0.865. The van der Waals surface area contributed by atoms with Crippen LogP contribution in [0.4, 0.5) is 0 Å². The van der Waals surface area contributed by atoms with Crippen molar-refractivity contribution in [2.24, 2.45) is 0 Å². The van der Waals surface area contributed by atoms with Gasteiger partial charge in [0.1, 0.15) is 11.9 Å². The summed E-state index contributed by atoms with van der Waals surface area (Å²) in [4.78, 5) is 19.6. The number of carboxylic acids is 1. The maximum atomic E-state index is 11.7. The van der Waals surface area contributed by atoms with Gasteiger partial charge in [-0.15, -0.1) is 0 Å². The van der Waals surface area contributed by atoms with E-state index < -0.39 is 12.0 Å². The molecule has 0 fully saturated rings. The largest absolute Gasteiger partial charge is 0.480 e. The zero-order valence-electron chi connectivity index (χ0n) is 17.1. The molecule has 1 unspecified atom stereocenters. The number of aliphatic carboxylic acids is 1. The van der Waals surface area contributed by atoms with Crippen LogP contribution >= 0.6 is 11.6 Å². The third-order valence-corrected chi connectivity index (χ3v) is 5.57. The van der Waals surface area contributed by atoms with E-state index in [1.807, 2.05) is 54.6 Å². The van der Waals surface area contributed by atoms with Gasteiger partial charge in [0.15, 0.2) is 0 Å². The van der Waals surface area contributed by atoms with E-state index in [0.717, 1.165) is 46.9 Å². The van der Waals surface area contributed by atoms with Gasteiger partial charge < -0.3 is 10.1 Å². The molecular formula is C24H28ClN3O2. The molecule has 3 rings (SSSR count). The zero-order chi connectivity index (χ0) is 21.3. The van der Waals surface area contributed by atoms with Crippen LogP contribution in [0.15, 0.2) is 60.8 Å². The lowest BCUT2D eigenvalue weighted by Gasteiger charge is -2.17. The first-order valence-corrected chi connectivity index (χ1v) is 10.7. The molecule has 3 N–H and O–H groups in total. The number of nitrogens with one attached hydrogen (secondary N) is 2. The van der Waals surface area contributed by atoms with Crippen LogP contribution in [0.5, 0.6) is 0 Å². The number of H-pyrrole nitrogens is 1. The summed E-state index contributed by atoms with van der Waals surface area (Å²) in [6, 6.07) is 16.8. The number of rotatable bonds is 11. The van der Waals surface area contributed by atoms with Crippen LogP contribution in [0, 0.1) is 0 Å². The second kappa shape index (κ2) is 11.0. The minimum absolute atomic E-state index is 0.0898. The van der Waals surface area contributed by atoms with E-state index in [0.29, 0.717) is 13.0 Å². The third-order valence-electron chi connectivity index (χ3n) is 5.22. The SMILES string of the molecule is CCCCC(c1ncc(CN[C@@H](Cc2ccccc2)C(=O)O)[nH]1)c1ccccc1Cl. The van der Waals surface area contributed by atoms with E-state index in [9.17, 15) is 9.90 Å². The van der Waals surface area contributed by atoms with E-state index in [4.69, 9.17) is 11.6 Å². The molecule has 30 heavy (non-hydrogen) atoms. The van der Waals surface area contributed by atoms with Gasteiger partial charge in [-0.05, 0) is 30.0 Å². The Labute approximate surface area is 182 Å². The Balaban J connectivity index is 1.70. The van der Waals surface area contributed by atoms with E-state index in [2.05, 4.69) is 22.2 Å². The van der Waals surface area contributed by atoms with Gasteiger partial charge in [-0.25, -0.2) is 4.98 Å². The Hall–Kier alpha value is -2.63. The quantitative estimate of drug-likeness (QED) is 0.396. The number of benzene rings is 2. The van der Waals surface area contributed by atoms with E-state index >= 15 is 0 Å². The van der Waals surface area contributed by atoms with Crippen molar-refractivity contribution < 1.29 is 9.90 Å². The molecule has 0 bridgehead atoms. The predicted octanol–water partition coefficient (Wildman–Crippen LogP) is 5.17. The van der Waals surface area contributed by atoms with Crippen molar-refractivity contribution in [3.8, 4) is 0 Å². The van der Waals surface area contributed by atoms with Crippen LogP contribution in [-0.4, -0.2) is 27.1 Å². The average Bonchev–Trinajstić information content (AvgIpc) is 3.22. The number of unbranched alkanes of at least 4 members (excludes halogenated alkanes) is 1. The highest BCUT2D eigenvalue weighted by molar-refractivity contribution is 6.31. The summed E-state index contributed by atoms with van der Waals surface area (Å²) in [6.07, 6.45) is 5.32. The third kappa shape index (κ3) is 5.94. The molecule has 2 aromatic carbocycles. The Morgan fingerprint density at radius 2 is 1.90 bits per heavy atom. The van der Waals surface area contributed by atoms with Crippen molar-refractivity contribution in [3.63, 3.8) is 0 Å². The topological polar surface area (TPSA) is 78.0 Å². The molecule has 0 saturated carbocycles. The molecule has 0 aliphatic carbocycles. The predicted molar refractivity (Wildman–Crippen MR) is 120 cm³/mol. The van der Waals surface area contributed by atoms with Crippen LogP contribution in [-0.2, 0) is 17.8 Å². The van der Waals surface area contributed by atoms with Crippen molar-refractivity contribution in [1.29, 1.82) is 0 Å². The molecule has 0 radical (unpaired) electrons. The zero-order valence-corrected chi connectivity index (χ0v) is 17.9. The Morgan fingerprint density at radius 1 is 1.17 bits per heavy atom. The first kappa shape index (κ1) is 22.1. The van der Waals surface area contributed by atoms with Gasteiger partial charge in [0.25, 0.3) is 0 Å². The van der Waals surface area contributed by atoms with Gasteiger partial charge in [0.2, 0.25) is 0 Å². The first-order chi connectivity index (χ1) is 14.6. The number of nitrogens with zero attached hydrogens (tertiary/aromatic N) is 1. The second-order valence-corrected chi connectivity index (χ2v) is 7.88. The van der Waals surface area contributed by atoms with Crippen LogP contribution < -0.4 is 5.32 Å². The van der Waals surface area contributed by atoms with Crippen molar-refractivity contribution in [2.45, 2.75) is 51.1 Å². The molecule has 0 amide bonds. The van der Waals surface area contributed by atoms with Gasteiger partial charge in [0.05, 0.1) is 0 Å². The number of halogens is 1. The van der Waals surface area contributed by atoms with Gasteiger partial charge in [-0.1, -0.05) is 79.9 Å². The fourth-order valence-corrected chi connectivity index (χ4v) is 3.85. The fraction of sp³-hybridized carbons (Fsp3) is 0.333. The molecule has 0 aliphatic heterocycles. The number of imidazole rings is 1. The molecule has 1 heterocycles. The van der Waals surface area contributed by atoms with E-state index in [1.165, 1.54) is 0 Å². The van der Waals surface area contributed by atoms with Crippen molar-refractivity contribution in [1.82, 2.24) is 15.3 Å². The Bertz CT molecular complexity index is 942. The summed E-state index contributed by atoms with van der Waals surface area (Å²) in [6.45, 7) is 2.57. The van der Waals surface area contributed by atoms with Crippen molar-refractivity contribution >= 4 is 17.6 Å². The lowest BCUT2D eigenvalue weighted by molar-refractivity contribution is -0.139. The van der Waals surface area contributed by atoms with Crippen LogP contribution in [0.1, 0.15) is 54.7 Å². The standard InChI is InChI=1S/C24H28ClN3O2/c1-2-3-11-20(19-12-7-8-13-21(19)25)23-27-16-18(28-23)15-26-22(24(29)30)14-17-9-5-4-6-10-17/h4-10,12-13,16,20,22,26H,2-3,11,14-15H2,1H3,(H,27,28)(H,29,30)/t20?,22-/m0/s1. The van der Waals surface area contributed by atoms with Gasteiger partial charge in [0, 0.05) is 29.4 Å². The molecule has 3 aromatic rings. The van der Waals surface area contributed by atoms with Crippen molar-refractivity contribution in [2.75, 3.05) is 0 Å². The maximum Gasteiger partial charge on any atom is 0.321 e. The smallest absolute Gasteiger partial charge is 0.321 e. The van der Waals surface area contributed by atoms with Gasteiger partial charge in [-0.2, -0.15) is 0 Å². The van der Waals surface area contributed by atoms with Crippen LogP contribution in [0.2, 0.25) is 5.02 Å². The summed E-state index contributed by atoms with van der Waals surface area (Å²) in [5.74, 6) is 0.0887. The first-order valence-electron chi connectivity index (χ1n) is 10.4. The summed E-state index contributed by atoms with van der Waals surface area (Å²) in [5.41, 5.74) is 2.91. The lowest BCUT2D eigenvalue weighted by atomic mass is 9.93. The second-order valence-electron chi connectivity index (χ2n) is 7.47. The highest BCUT2D eigenvalue weighted by Crippen LogP contribution is 2.32. The number of hydrogen-bond donors (Lipinski definition) is 3. The number of carboxylic acid groups (broad SMARTS) is 1. The molecule has 1 aromatic heterocycles. The van der Waals surface area contributed by atoms with E-state index in [1.54, 1.807) is 6.20 Å². The Morgan fingerprint density at radius 3 is 2.60 bits per heavy atom. The lowest BCUT2D eigenvalue weighted by Crippen LogP contribution is -2.38. The number of carbonyl (C=O) groups is 1. The molecular weight excluding hydrogens is 398 g/mol. The average molecular weight is 426 g/mol. The summed E-state index contributed by atoms with van der Waals surface area (Å²) >= 11 is 6.45. The highest BCUT2D eigenvalue weighted by atomic mass is 35.5. The molecule has 5 nitrogen and oxygen atoms in total. The van der Waals surface area contributed by atoms with Crippen LogP contribution in [0.3, 0.4) is 0 Å². The highest BCUT2D eigenvalue weighted by Gasteiger charge is 2.21. The molecule has 0 aliphatic rings. The maximum absolute atomic E-state index is 11.7. The monoisotopic (exact) mass is 425 g/mol. The van der Waals surface area contributed by atoms with E-state index in [-0.39, 0.29) is 5.92 Å². The minimum Gasteiger partial charge on any atom is -0.480 e. The molecule has 158 valence electrons. The summed E-state index contributed by atoms with van der Waals surface area (Å²) < 4.78 is 0. The number of hydrogen-bond acceptors (Lipinski definition) is 3. The molecule has 6 heteroatoms. The van der Waals surface area contributed by atoms with Crippen LogP contribution in [0.25, 0.3) is 0 Å². The van der Waals surface area contributed by atoms with Crippen molar-refractivity contribution in [3.05, 3.63) is 88.5 Å². The molecule has 0 spiro atoms. The van der Waals surface area contributed by atoms with Gasteiger partial charge >= 0.3 is 5.97 Å². The van der Waals surface area contributed by atoms with Gasteiger partial charge in [-0.3, -0.25) is 10.1 Å². The molecule has 2 atom stereocenters. The number of aromatic amines is 1. The normalized spacial score (nSPS) is 13.1. The summed E-state index contributed by atoms with van der Waals surface area (Å²) in [5, 5.41) is 13.5. The molecule has 0 saturated heterocycles. The summed E-state index contributed by atoms with van der Waals surface area (Å²) in [7, 11) is 0. The number of aromatic nitrogens is 2. The fourth-order valence-electron chi connectivity index (χ4n) is 3.58. The Kier molecular flexibility index (Phi) is 8.05.